The van der Waals surface area contributed by atoms with E-state index in [0.717, 1.165) is 62.5 Å². The minimum atomic E-state index is -0.160. The number of likely N-dealkylation sites (N-methyl/N-ethyl adjacent to an activating group) is 2. The summed E-state index contributed by atoms with van der Waals surface area (Å²) in [6.45, 7) is 4.35. The van der Waals surface area contributed by atoms with E-state index < -0.39 is 0 Å². The highest BCUT2D eigenvalue weighted by molar-refractivity contribution is 5.85. The predicted octanol–water partition coefficient (Wildman–Crippen LogP) is 1.15. The molecule has 2 atom stereocenters. The number of hydrogen-bond donors (Lipinski definition) is 0. The zero-order chi connectivity index (χ0) is 21.1. The highest BCUT2D eigenvalue weighted by Gasteiger charge is 2.34. The third-order valence-electron chi connectivity index (χ3n) is 5.88. The van der Waals surface area contributed by atoms with Crippen LogP contribution in [0.5, 0.6) is 0 Å². The molecule has 0 N–H and O–H groups in total. The molecule has 8 heteroatoms. The lowest BCUT2D eigenvalue weighted by molar-refractivity contribution is -0.133. The Morgan fingerprint density at radius 1 is 1.00 bits per heavy atom. The third-order valence-corrected chi connectivity index (χ3v) is 5.88. The molecule has 2 fully saturated rings. The van der Waals surface area contributed by atoms with Crippen LogP contribution in [0.1, 0.15) is 44.1 Å². The van der Waals surface area contributed by atoms with Crippen LogP contribution in [0.25, 0.3) is 0 Å². The van der Waals surface area contributed by atoms with Crippen molar-refractivity contribution in [2.75, 3.05) is 46.2 Å². The van der Waals surface area contributed by atoms with E-state index in [1.165, 1.54) is 0 Å². The first-order chi connectivity index (χ1) is 13.8. The Morgan fingerprint density at radius 2 is 1.62 bits per heavy atom. The molecule has 8 nitrogen and oxygen atoms in total. The molecule has 2 amide bonds. The van der Waals surface area contributed by atoms with Crippen molar-refractivity contribution in [1.29, 1.82) is 0 Å². The van der Waals surface area contributed by atoms with Gasteiger partial charge in [0.05, 0.1) is 12.6 Å². The van der Waals surface area contributed by atoms with Crippen molar-refractivity contribution >= 4 is 17.6 Å². The van der Waals surface area contributed by atoms with E-state index in [9.17, 15) is 9.59 Å². The molecule has 0 aromatic carbocycles. The van der Waals surface area contributed by atoms with Gasteiger partial charge in [0, 0.05) is 46.5 Å². The molecule has 0 unspecified atom stereocenters. The van der Waals surface area contributed by atoms with Gasteiger partial charge < -0.3 is 14.7 Å². The molecule has 0 aliphatic carbocycles. The molecule has 0 radical (unpaired) electrons. The Labute approximate surface area is 173 Å². The van der Waals surface area contributed by atoms with Crippen LogP contribution < -0.4 is 4.90 Å². The van der Waals surface area contributed by atoms with Crippen LogP contribution in [0, 0.1) is 0 Å². The molecule has 1 aromatic heterocycles. The number of carbonyl (C=O) groups is 2. The second-order valence-corrected chi connectivity index (χ2v) is 8.43. The summed E-state index contributed by atoms with van der Waals surface area (Å²) in [6.07, 6.45) is 4.53. The maximum atomic E-state index is 12.6. The molecule has 2 saturated heterocycles. The first kappa shape index (κ1) is 21.5. The minimum absolute atomic E-state index is 0.0998. The van der Waals surface area contributed by atoms with Crippen molar-refractivity contribution < 1.29 is 9.59 Å². The maximum Gasteiger partial charge on any atom is 0.244 e. The monoisotopic (exact) mass is 402 g/mol. The lowest BCUT2D eigenvalue weighted by Crippen LogP contribution is -2.43. The van der Waals surface area contributed by atoms with Crippen LogP contribution in [0.4, 0.5) is 5.82 Å². The quantitative estimate of drug-likeness (QED) is 0.711. The second kappa shape index (κ2) is 9.07. The molecule has 3 rings (SSSR count). The highest BCUT2D eigenvalue weighted by atomic mass is 16.2. The summed E-state index contributed by atoms with van der Waals surface area (Å²) in [7, 11) is 7.22. The average molecular weight is 403 g/mol. The fourth-order valence-electron chi connectivity index (χ4n) is 4.31. The van der Waals surface area contributed by atoms with Gasteiger partial charge in [-0.05, 0) is 38.6 Å². The zero-order valence-corrected chi connectivity index (χ0v) is 18.4. The van der Waals surface area contributed by atoms with Gasteiger partial charge in [-0.15, -0.1) is 0 Å². The number of nitrogens with zero attached hydrogens (tertiary/aromatic N) is 6. The topological polar surface area (TPSA) is 72.9 Å². The summed E-state index contributed by atoms with van der Waals surface area (Å²) in [5.74, 6) is 1.84. The molecular weight excluding hydrogens is 368 g/mol. The van der Waals surface area contributed by atoms with Crippen LogP contribution in [0.15, 0.2) is 6.07 Å². The number of hydrogen-bond acceptors (Lipinski definition) is 6. The summed E-state index contributed by atoms with van der Waals surface area (Å²) in [4.78, 5) is 42.3. The van der Waals surface area contributed by atoms with E-state index in [2.05, 4.69) is 16.7 Å². The molecule has 2 aliphatic heterocycles. The average Bonchev–Trinajstić information content (AvgIpc) is 3.35. The van der Waals surface area contributed by atoms with Crippen LogP contribution in [-0.2, 0) is 22.6 Å². The first-order valence-electron chi connectivity index (χ1n) is 10.6. The number of carbonyl (C=O) groups excluding carboxylic acids is 2. The lowest BCUT2D eigenvalue weighted by Gasteiger charge is -2.28. The van der Waals surface area contributed by atoms with Crippen molar-refractivity contribution in [1.82, 2.24) is 24.7 Å². The standard InChI is InChI=1S/C21H34N6O2/c1-6-15-13-19(27-12-8-10-17(27)21(29)25(4)5)23-18(22-15)14-26-11-7-9-16(26)20(28)24(2)3/h13,16-17H,6-12,14H2,1-5H3/t16-,17+/m0/s1. The molecular formula is C21H34N6O2. The van der Waals surface area contributed by atoms with Crippen LogP contribution in [0.2, 0.25) is 0 Å². The number of likely N-dealkylation sites (tertiary alicyclic amines) is 1. The summed E-state index contributed by atoms with van der Waals surface area (Å²) in [5.41, 5.74) is 0.975. The molecule has 0 bridgehead atoms. The molecule has 160 valence electrons. The van der Waals surface area contributed by atoms with Crippen molar-refractivity contribution in [2.45, 2.75) is 57.7 Å². The number of rotatable bonds is 6. The number of aryl methyl sites for hydroxylation is 1. The van der Waals surface area contributed by atoms with E-state index in [-0.39, 0.29) is 23.9 Å². The summed E-state index contributed by atoms with van der Waals surface area (Å²) < 4.78 is 0. The zero-order valence-electron chi connectivity index (χ0n) is 18.4. The van der Waals surface area contributed by atoms with Gasteiger partial charge >= 0.3 is 0 Å². The van der Waals surface area contributed by atoms with Gasteiger partial charge in [-0.3, -0.25) is 14.5 Å². The number of amides is 2. The Bertz CT molecular complexity index is 751. The fraction of sp³-hybridized carbons (Fsp3) is 0.714. The van der Waals surface area contributed by atoms with E-state index >= 15 is 0 Å². The Hall–Kier alpha value is -2.22. The summed E-state index contributed by atoms with van der Waals surface area (Å²) in [6, 6.07) is 1.75. The Balaban J connectivity index is 1.84. The van der Waals surface area contributed by atoms with E-state index in [0.29, 0.717) is 6.54 Å². The second-order valence-electron chi connectivity index (χ2n) is 8.43. The summed E-state index contributed by atoms with van der Waals surface area (Å²) >= 11 is 0. The fourth-order valence-corrected chi connectivity index (χ4v) is 4.31. The Morgan fingerprint density at radius 3 is 2.28 bits per heavy atom. The van der Waals surface area contributed by atoms with Crippen LogP contribution in [-0.4, -0.2) is 89.8 Å². The van der Waals surface area contributed by atoms with Crippen LogP contribution in [0.3, 0.4) is 0 Å². The van der Waals surface area contributed by atoms with Crippen molar-refractivity contribution in [3.8, 4) is 0 Å². The van der Waals surface area contributed by atoms with Gasteiger partial charge in [-0.1, -0.05) is 6.92 Å². The number of aromatic nitrogens is 2. The van der Waals surface area contributed by atoms with E-state index in [1.54, 1.807) is 38.0 Å². The molecule has 0 saturated carbocycles. The van der Waals surface area contributed by atoms with Crippen LogP contribution >= 0.6 is 0 Å². The minimum Gasteiger partial charge on any atom is -0.347 e. The largest absolute Gasteiger partial charge is 0.347 e. The van der Waals surface area contributed by atoms with E-state index in [1.807, 2.05) is 6.07 Å². The molecule has 0 spiro atoms. The van der Waals surface area contributed by atoms with Gasteiger partial charge in [0.25, 0.3) is 0 Å². The van der Waals surface area contributed by atoms with E-state index in [4.69, 9.17) is 9.97 Å². The summed E-state index contributed by atoms with van der Waals surface area (Å²) in [5, 5.41) is 0. The predicted molar refractivity (Wildman–Crippen MR) is 113 cm³/mol. The third kappa shape index (κ3) is 4.69. The lowest BCUT2D eigenvalue weighted by atomic mass is 10.2. The molecule has 2 aliphatic rings. The highest BCUT2D eigenvalue weighted by Crippen LogP contribution is 2.27. The van der Waals surface area contributed by atoms with Gasteiger partial charge in [-0.25, -0.2) is 9.97 Å². The van der Waals surface area contributed by atoms with Crippen molar-refractivity contribution in [3.05, 3.63) is 17.6 Å². The number of anilines is 1. The molecule has 3 heterocycles. The smallest absolute Gasteiger partial charge is 0.244 e. The first-order valence-corrected chi connectivity index (χ1v) is 10.6. The van der Waals surface area contributed by atoms with Crippen molar-refractivity contribution in [3.63, 3.8) is 0 Å². The van der Waals surface area contributed by atoms with Gasteiger partial charge in [0.2, 0.25) is 11.8 Å². The normalized spacial score (nSPS) is 22.2. The molecule has 29 heavy (non-hydrogen) atoms. The van der Waals surface area contributed by atoms with Gasteiger partial charge in [0.15, 0.2) is 0 Å². The SMILES string of the molecule is CCc1cc(N2CCC[C@@H]2C(=O)N(C)C)nc(CN2CCC[C@H]2C(=O)N(C)C)n1. The maximum absolute atomic E-state index is 12.6. The molecule has 1 aromatic rings. The van der Waals surface area contributed by atoms with Gasteiger partial charge in [0.1, 0.15) is 17.7 Å². The Kier molecular flexibility index (Phi) is 6.72. The van der Waals surface area contributed by atoms with Crippen molar-refractivity contribution in [2.24, 2.45) is 0 Å². The van der Waals surface area contributed by atoms with Gasteiger partial charge in [-0.2, -0.15) is 0 Å².